The molecular formula is C15H24ClNO2. The molecule has 0 fully saturated rings. The van der Waals surface area contributed by atoms with E-state index in [1.165, 1.54) is 0 Å². The first-order valence-electron chi connectivity index (χ1n) is 6.66. The molecule has 3 nitrogen and oxygen atoms in total. The molecular weight excluding hydrogens is 262 g/mol. The lowest BCUT2D eigenvalue weighted by molar-refractivity contribution is 0.109. The second-order valence-electron chi connectivity index (χ2n) is 5.40. The molecule has 0 bridgehead atoms. The summed E-state index contributed by atoms with van der Waals surface area (Å²) < 4.78 is 11.0. The van der Waals surface area contributed by atoms with Gasteiger partial charge in [0.05, 0.1) is 6.61 Å². The van der Waals surface area contributed by atoms with Crippen LogP contribution in [0.25, 0.3) is 0 Å². The van der Waals surface area contributed by atoms with Gasteiger partial charge in [-0.25, -0.2) is 0 Å². The number of benzene rings is 1. The average molecular weight is 286 g/mol. The SMILES string of the molecule is CCOCCOc1ccc(Cl)cc1CNC(C)(C)C. The van der Waals surface area contributed by atoms with Gasteiger partial charge in [-0.2, -0.15) is 0 Å². The number of ether oxygens (including phenoxy) is 2. The molecule has 0 heterocycles. The topological polar surface area (TPSA) is 30.5 Å². The Morgan fingerprint density at radius 1 is 1.21 bits per heavy atom. The Bertz CT molecular complexity index is 388. The highest BCUT2D eigenvalue weighted by Gasteiger charge is 2.11. The fraction of sp³-hybridized carbons (Fsp3) is 0.600. The Hall–Kier alpha value is -0.770. The van der Waals surface area contributed by atoms with E-state index in [1.54, 1.807) is 0 Å². The van der Waals surface area contributed by atoms with E-state index < -0.39 is 0 Å². The summed E-state index contributed by atoms with van der Waals surface area (Å²) in [6, 6.07) is 5.70. The highest BCUT2D eigenvalue weighted by molar-refractivity contribution is 6.30. The summed E-state index contributed by atoms with van der Waals surface area (Å²) in [4.78, 5) is 0. The van der Waals surface area contributed by atoms with E-state index in [1.807, 2.05) is 25.1 Å². The van der Waals surface area contributed by atoms with Gasteiger partial charge in [-0.1, -0.05) is 11.6 Å². The maximum Gasteiger partial charge on any atom is 0.124 e. The molecule has 1 rings (SSSR count). The molecule has 4 heteroatoms. The summed E-state index contributed by atoms with van der Waals surface area (Å²) in [6.07, 6.45) is 0. The van der Waals surface area contributed by atoms with Crippen LogP contribution in [0.15, 0.2) is 18.2 Å². The molecule has 0 aromatic heterocycles. The molecule has 0 atom stereocenters. The monoisotopic (exact) mass is 285 g/mol. The van der Waals surface area contributed by atoms with Crippen LogP contribution in [0.5, 0.6) is 5.75 Å². The first kappa shape index (κ1) is 16.3. The van der Waals surface area contributed by atoms with Crippen LogP contribution >= 0.6 is 11.6 Å². The molecule has 0 aliphatic heterocycles. The van der Waals surface area contributed by atoms with Gasteiger partial charge in [0.25, 0.3) is 0 Å². The lowest BCUT2D eigenvalue weighted by Crippen LogP contribution is -2.35. The van der Waals surface area contributed by atoms with E-state index in [2.05, 4.69) is 26.1 Å². The van der Waals surface area contributed by atoms with Crippen LogP contribution in [0.4, 0.5) is 0 Å². The Labute approximate surface area is 121 Å². The number of halogens is 1. The maximum atomic E-state index is 6.04. The van der Waals surface area contributed by atoms with Crippen LogP contribution < -0.4 is 10.1 Å². The van der Waals surface area contributed by atoms with Crippen molar-refractivity contribution >= 4 is 11.6 Å². The van der Waals surface area contributed by atoms with Gasteiger partial charge in [0, 0.05) is 29.3 Å². The van der Waals surface area contributed by atoms with Gasteiger partial charge in [0.15, 0.2) is 0 Å². The van der Waals surface area contributed by atoms with Crippen molar-refractivity contribution in [2.45, 2.75) is 39.8 Å². The molecule has 19 heavy (non-hydrogen) atoms. The van der Waals surface area contributed by atoms with Crippen LogP contribution in [0.3, 0.4) is 0 Å². The smallest absolute Gasteiger partial charge is 0.124 e. The Morgan fingerprint density at radius 2 is 1.95 bits per heavy atom. The second-order valence-corrected chi connectivity index (χ2v) is 5.84. The van der Waals surface area contributed by atoms with Crippen molar-refractivity contribution in [3.8, 4) is 5.75 Å². The predicted molar refractivity (Wildman–Crippen MR) is 80.0 cm³/mol. The molecule has 0 spiro atoms. The van der Waals surface area contributed by atoms with Crippen molar-refractivity contribution in [1.82, 2.24) is 5.32 Å². The van der Waals surface area contributed by atoms with Gasteiger partial charge in [-0.05, 0) is 45.9 Å². The Balaban J connectivity index is 2.63. The summed E-state index contributed by atoms with van der Waals surface area (Å²) in [6.45, 7) is 11.0. The molecule has 0 aliphatic rings. The minimum Gasteiger partial charge on any atom is -0.491 e. The summed E-state index contributed by atoms with van der Waals surface area (Å²) in [5, 5.41) is 4.16. The van der Waals surface area contributed by atoms with Gasteiger partial charge >= 0.3 is 0 Å². The van der Waals surface area contributed by atoms with Crippen LogP contribution in [0.1, 0.15) is 33.3 Å². The zero-order chi connectivity index (χ0) is 14.3. The van der Waals surface area contributed by atoms with Crippen molar-refractivity contribution in [1.29, 1.82) is 0 Å². The molecule has 0 unspecified atom stereocenters. The van der Waals surface area contributed by atoms with Gasteiger partial charge in [-0.3, -0.25) is 0 Å². The molecule has 0 aliphatic carbocycles. The van der Waals surface area contributed by atoms with Gasteiger partial charge in [0.1, 0.15) is 12.4 Å². The van der Waals surface area contributed by atoms with Gasteiger partial charge in [-0.15, -0.1) is 0 Å². The number of nitrogens with one attached hydrogen (secondary N) is 1. The fourth-order valence-corrected chi connectivity index (χ4v) is 1.74. The van der Waals surface area contributed by atoms with Crippen molar-refractivity contribution in [3.63, 3.8) is 0 Å². The molecule has 1 aromatic carbocycles. The lowest BCUT2D eigenvalue weighted by atomic mass is 10.1. The minimum atomic E-state index is 0.0604. The highest BCUT2D eigenvalue weighted by Crippen LogP contribution is 2.23. The van der Waals surface area contributed by atoms with Gasteiger partial charge in [0.2, 0.25) is 0 Å². The summed E-state index contributed by atoms with van der Waals surface area (Å²) in [5.41, 5.74) is 1.13. The molecule has 0 saturated heterocycles. The third-order valence-corrected chi connectivity index (χ3v) is 2.76. The highest BCUT2D eigenvalue weighted by atomic mass is 35.5. The lowest BCUT2D eigenvalue weighted by Gasteiger charge is -2.21. The Kier molecular flexibility index (Phi) is 6.63. The molecule has 0 amide bonds. The first-order chi connectivity index (χ1) is 8.92. The largest absolute Gasteiger partial charge is 0.491 e. The van der Waals surface area contributed by atoms with Crippen molar-refractivity contribution in [3.05, 3.63) is 28.8 Å². The van der Waals surface area contributed by atoms with Crippen LogP contribution in [0.2, 0.25) is 5.02 Å². The summed E-state index contributed by atoms with van der Waals surface area (Å²) in [7, 11) is 0. The van der Waals surface area contributed by atoms with E-state index in [4.69, 9.17) is 21.1 Å². The Morgan fingerprint density at radius 3 is 2.58 bits per heavy atom. The number of rotatable bonds is 7. The van der Waals surface area contributed by atoms with E-state index in [-0.39, 0.29) is 5.54 Å². The third-order valence-electron chi connectivity index (χ3n) is 2.52. The first-order valence-corrected chi connectivity index (χ1v) is 7.04. The summed E-state index contributed by atoms with van der Waals surface area (Å²) in [5.74, 6) is 0.862. The van der Waals surface area contributed by atoms with Crippen molar-refractivity contribution in [2.24, 2.45) is 0 Å². The third kappa shape index (κ3) is 6.81. The molecule has 1 N–H and O–H groups in total. The van der Waals surface area contributed by atoms with Crippen molar-refractivity contribution in [2.75, 3.05) is 19.8 Å². The number of hydrogen-bond acceptors (Lipinski definition) is 3. The summed E-state index contributed by atoms with van der Waals surface area (Å²) >= 11 is 6.04. The quantitative estimate of drug-likeness (QED) is 0.776. The van der Waals surface area contributed by atoms with E-state index in [0.717, 1.165) is 22.9 Å². The molecule has 108 valence electrons. The van der Waals surface area contributed by atoms with Crippen LogP contribution in [-0.4, -0.2) is 25.4 Å². The van der Waals surface area contributed by atoms with Crippen molar-refractivity contribution < 1.29 is 9.47 Å². The van der Waals surface area contributed by atoms with Gasteiger partial charge < -0.3 is 14.8 Å². The van der Waals surface area contributed by atoms with E-state index in [0.29, 0.717) is 19.8 Å². The zero-order valence-electron chi connectivity index (χ0n) is 12.3. The van der Waals surface area contributed by atoms with Crippen LogP contribution in [0, 0.1) is 0 Å². The number of hydrogen-bond donors (Lipinski definition) is 1. The average Bonchev–Trinajstić information content (AvgIpc) is 2.33. The minimum absolute atomic E-state index is 0.0604. The fourth-order valence-electron chi connectivity index (χ4n) is 1.54. The van der Waals surface area contributed by atoms with E-state index >= 15 is 0 Å². The standard InChI is InChI=1S/C15H24ClNO2/c1-5-18-8-9-19-14-7-6-13(16)10-12(14)11-17-15(2,3)4/h6-7,10,17H,5,8-9,11H2,1-4H3. The zero-order valence-corrected chi connectivity index (χ0v) is 13.0. The molecule has 0 radical (unpaired) electrons. The molecule has 0 saturated carbocycles. The van der Waals surface area contributed by atoms with E-state index in [9.17, 15) is 0 Å². The normalized spacial score (nSPS) is 11.6. The second kappa shape index (κ2) is 7.73. The van der Waals surface area contributed by atoms with Crippen LogP contribution in [-0.2, 0) is 11.3 Å². The molecule has 1 aromatic rings. The predicted octanol–water partition coefficient (Wildman–Crippen LogP) is 3.64. The maximum absolute atomic E-state index is 6.04.